The molecule has 0 saturated carbocycles. The fraction of sp³-hybridized carbons (Fsp3) is 0.533. The first kappa shape index (κ1) is 15.5. The second-order valence-electron chi connectivity index (χ2n) is 4.80. The van der Waals surface area contributed by atoms with Crippen LogP contribution in [-0.2, 0) is 16.0 Å². The zero-order valence-corrected chi connectivity index (χ0v) is 11.8. The predicted molar refractivity (Wildman–Crippen MR) is 73.5 cm³/mol. The van der Waals surface area contributed by atoms with Crippen molar-refractivity contribution < 1.29 is 19.4 Å². The number of hydrogen-bond donors (Lipinski definition) is 1. The van der Waals surface area contributed by atoms with E-state index in [4.69, 9.17) is 9.47 Å². The molecule has 0 fully saturated rings. The van der Waals surface area contributed by atoms with E-state index in [1.54, 1.807) is 0 Å². The molecular formula is C15H22O4. The molecule has 0 aliphatic rings. The van der Waals surface area contributed by atoms with Crippen LogP contribution in [0.5, 0.6) is 5.75 Å². The van der Waals surface area contributed by atoms with E-state index in [9.17, 15) is 9.90 Å². The van der Waals surface area contributed by atoms with Crippen molar-refractivity contribution in [1.29, 1.82) is 0 Å². The van der Waals surface area contributed by atoms with Crippen LogP contribution in [0, 0.1) is 5.92 Å². The third-order valence-electron chi connectivity index (χ3n) is 2.58. The van der Waals surface area contributed by atoms with Crippen molar-refractivity contribution >= 4 is 5.97 Å². The molecule has 0 bridgehead atoms. The van der Waals surface area contributed by atoms with Crippen molar-refractivity contribution in [2.45, 2.75) is 33.3 Å². The summed E-state index contributed by atoms with van der Waals surface area (Å²) in [4.78, 5) is 11.2. The molecule has 0 radical (unpaired) electrons. The molecule has 1 aromatic carbocycles. The molecule has 4 heteroatoms. The van der Waals surface area contributed by atoms with Crippen LogP contribution in [0.25, 0.3) is 0 Å². The third kappa shape index (κ3) is 5.30. The van der Waals surface area contributed by atoms with Crippen molar-refractivity contribution in [2.75, 3.05) is 13.2 Å². The lowest BCUT2D eigenvalue weighted by atomic mass is 10.1. The summed E-state index contributed by atoms with van der Waals surface area (Å²) in [5.41, 5.74) is 0.862. The first-order valence-corrected chi connectivity index (χ1v) is 6.59. The number of aliphatic carboxylic acids is 1. The number of benzene rings is 1. The summed E-state index contributed by atoms with van der Waals surface area (Å²) in [6, 6.07) is 7.47. The van der Waals surface area contributed by atoms with Gasteiger partial charge in [0.15, 0.2) is 6.10 Å². The van der Waals surface area contributed by atoms with Crippen molar-refractivity contribution in [3.05, 3.63) is 29.8 Å². The third-order valence-corrected chi connectivity index (χ3v) is 2.58. The van der Waals surface area contributed by atoms with Gasteiger partial charge in [0, 0.05) is 6.42 Å². The van der Waals surface area contributed by atoms with E-state index >= 15 is 0 Å². The number of carbonyl (C=O) groups is 1. The fourth-order valence-electron chi connectivity index (χ4n) is 1.69. The van der Waals surface area contributed by atoms with Gasteiger partial charge in [0.2, 0.25) is 0 Å². The van der Waals surface area contributed by atoms with Gasteiger partial charge >= 0.3 is 5.97 Å². The first-order chi connectivity index (χ1) is 9.04. The minimum Gasteiger partial charge on any atom is -0.494 e. The lowest BCUT2D eigenvalue weighted by molar-refractivity contribution is -0.150. The van der Waals surface area contributed by atoms with Crippen LogP contribution in [0.4, 0.5) is 0 Å². The van der Waals surface area contributed by atoms with Gasteiger partial charge < -0.3 is 14.6 Å². The minimum absolute atomic E-state index is 0.309. The highest BCUT2D eigenvalue weighted by molar-refractivity contribution is 5.73. The average Bonchev–Trinajstić information content (AvgIpc) is 2.36. The molecule has 1 unspecified atom stereocenters. The highest BCUT2D eigenvalue weighted by Crippen LogP contribution is 2.20. The topological polar surface area (TPSA) is 55.8 Å². The maximum atomic E-state index is 11.2. The Bertz CT molecular complexity index is 401. The van der Waals surface area contributed by atoms with E-state index in [1.165, 1.54) is 0 Å². The summed E-state index contributed by atoms with van der Waals surface area (Å²) in [5, 5.41) is 9.20. The van der Waals surface area contributed by atoms with Crippen molar-refractivity contribution in [1.82, 2.24) is 0 Å². The quantitative estimate of drug-likeness (QED) is 0.786. The summed E-state index contributed by atoms with van der Waals surface area (Å²) in [7, 11) is 0. The fourth-order valence-corrected chi connectivity index (χ4v) is 1.69. The highest BCUT2D eigenvalue weighted by Gasteiger charge is 2.20. The van der Waals surface area contributed by atoms with Gasteiger partial charge in [0.25, 0.3) is 0 Å². The van der Waals surface area contributed by atoms with Gasteiger partial charge in [-0.1, -0.05) is 32.0 Å². The molecule has 0 spiro atoms. The first-order valence-electron chi connectivity index (χ1n) is 6.59. The molecule has 1 rings (SSSR count). The van der Waals surface area contributed by atoms with Crippen LogP contribution in [0.1, 0.15) is 26.3 Å². The van der Waals surface area contributed by atoms with E-state index in [0.717, 1.165) is 11.3 Å². The number of hydrogen-bond acceptors (Lipinski definition) is 3. The van der Waals surface area contributed by atoms with Crippen molar-refractivity contribution in [2.24, 2.45) is 5.92 Å². The van der Waals surface area contributed by atoms with Crippen LogP contribution in [0.2, 0.25) is 0 Å². The Kier molecular flexibility index (Phi) is 6.36. The number of carboxylic acids is 1. The van der Waals surface area contributed by atoms with E-state index in [1.807, 2.05) is 45.0 Å². The van der Waals surface area contributed by atoms with E-state index in [0.29, 0.717) is 25.6 Å². The van der Waals surface area contributed by atoms with Crippen LogP contribution in [-0.4, -0.2) is 30.4 Å². The summed E-state index contributed by atoms with van der Waals surface area (Å²) in [5.74, 6) is 0.0975. The van der Waals surface area contributed by atoms with Crippen LogP contribution in [0.3, 0.4) is 0 Å². The summed E-state index contributed by atoms with van der Waals surface area (Å²) in [6.45, 7) is 6.89. The predicted octanol–water partition coefficient (Wildman–Crippen LogP) is 2.75. The van der Waals surface area contributed by atoms with Crippen molar-refractivity contribution in [3.63, 3.8) is 0 Å². The van der Waals surface area contributed by atoms with Gasteiger partial charge in [0.05, 0.1) is 13.2 Å². The monoisotopic (exact) mass is 266 g/mol. The highest BCUT2D eigenvalue weighted by atomic mass is 16.5. The van der Waals surface area contributed by atoms with Crippen LogP contribution < -0.4 is 4.74 Å². The number of para-hydroxylation sites is 1. The molecule has 1 atom stereocenters. The summed E-state index contributed by atoms with van der Waals surface area (Å²) >= 11 is 0. The molecule has 0 amide bonds. The van der Waals surface area contributed by atoms with E-state index in [-0.39, 0.29) is 0 Å². The number of ether oxygens (including phenoxy) is 2. The Balaban J connectivity index is 2.75. The van der Waals surface area contributed by atoms with Crippen LogP contribution >= 0.6 is 0 Å². The minimum atomic E-state index is -0.938. The van der Waals surface area contributed by atoms with Gasteiger partial charge in [0.1, 0.15) is 5.75 Å². The zero-order valence-electron chi connectivity index (χ0n) is 11.8. The van der Waals surface area contributed by atoms with Crippen molar-refractivity contribution in [3.8, 4) is 5.75 Å². The molecule has 1 N–H and O–H groups in total. The Labute approximate surface area is 114 Å². The Hall–Kier alpha value is -1.55. The maximum absolute atomic E-state index is 11.2. The standard InChI is InChI=1S/C15H22O4/c1-4-18-13-8-6-5-7-12(13)9-14(15(16)17)19-10-11(2)3/h5-8,11,14H,4,9-10H2,1-3H3,(H,16,17). The lowest BCUT2D eigenvalue weighted by Gasteiger charge is -2.17. The molecule has 0 aliphatic carbocycles. The summed E-state index contributed by atoms with van der Waals surface area (Å²) in [6.07, 6.45) is -0.512. The van der Waals surface area contributed by atoms with E-state index < -0.39 is 12.1 Å². The molecule has 4 nitrogen and oxygen atoms in total. The van der Waals surface area contributed by atoms with Crippen LogP contribution in [0.15, 0.2) is 24.3 Å². The smallest absolute Gasteiger partial charge is 0.333 e. The molecule has 0 aliphatic heterocycles. The Morgan fingerprint density at radius 1 is 1.32 bits per heavy atom. The molecule has 1 aromatic rings. The molecule has 0 saturated heterocycles. The number of rotatable bonds is 8. The van der Waals surface area contributed by atoms with E-state index in [2.05, 4.69) is 0 Å². The number of carboxylic acid groups (broad SMARTS) is 1. The zero-order chi connectivity index (χ0) is 14.3. The molecule has 0 heterocycles. The molecular weight excluding hydrogens is 244 g/mol. The second kappa shape index (κ2) is 7.79. The van der Waals surface area contributed by atoms with Gasteiger partial charge in [-0.15, -0.1) is 0 Å². The Morgan fingerprint density at radius 3 is 2.58 bits per heavy atom. The average molecular weight is 266 g/mol. The molecule has 19 heavy (non-hydrogen) atoms. The molecule has 0 aromatic heterocycles. The largest absolute Gasteiger partial charge is 0.494 e. The summed E-state index contributed by atoms with van der Waals surface area (Å²) < 4.78 is 10.9. The molecule has 106 valence electrons. The van der Waals surface area contributed by atoms with Gasteiger partial charge in [-0.25, -0.2) is 4.79 Å². The second-order valence-corrected chi connectivity index (χ2v) is 4.80. The lowest BCUT2D eigenvalue weighted by Crippen LogP contribution is -2.28. The van der Waals surface area contributed by atoms with Gasteiger partial charge in [-0.2, -0.15) is 0 Å². The Morgan fingerprint density at radius 2 is 2.00 bits per heavy atom. The van der Waals surface area contributed by atoms with Gasteiger partial charge in [-0.3, -0.25) is 0 Å². The maximum Gasteiger partial charge on any atom is 0.333 e. The SMILES string of the molecule is CCOc1ccccc1CC(OCC(C)C)C(=O)O. The van der Waals surface area contributed by atoms with Gasteiger partial charge in [-0.05, 0) is 24.5 Å². The normalized spacial score (nSPS) is 12.4.